The van der Waals surface area contributed by atoms with Crippen LogP contribution >= 0.6 is 34.5 Å². The van der Waals surface area contributed by atoms with Crippen LogP contribution < -0.4 is 5.73 Å². The number of nitrogens with zero attached hydrogens (tertiary/aromatic N) is 1. The maximum Gasteiger partial charge on any atom is 0.230 e. The molecule has 0 spiro atoms. The second-order valence-corrected chi connectivity index (χ2v) is 5.24. The van der Waals surface area contributed by atoms with Gasteiger partial charge in [0, 0.05) is 5.02 Å². The first-order valence-electron chi connectivity index (χ1n) is 4.74. The van der Waals surface area contributed by atoms with Gasteiger partial charge in [-0.3, -0.25) is 0 Å². The van der Waals surface area contributed by atoms with Gasteiger partial charge in [-0.2, -0.15) is 0 Å². The molecule has 0 fully saturated rings. The van der Waals surface area contributed by atoms with Crippen molar-refractivity contribution < 1.29 is 4.42 Å². The van der Waals surface area contributed by atoms with Crippen molar-refractivity contribution in [1.82, 2.24) is 4.98 Å². The number of hydrogen-bond acceptors (Lipinski definition) is 4. The van der Waals surface area contributed by atoms with Crippen LogP contribution in [0.1, 0.15) is 0 Å². The standard InChI is InChI=1S/C11H6Cl2N2OS/c12-5-3-7(13)9-8(4-5)15-11(16-9)6-1-2-17-10(6)14/h1-4H,14H2. The lowest BCUT2D eigenvalue weighted by atomic mass is 10.3. The number of halogens is 2. The average Bonchev–Trinajstić information content (AvgIpc) is 2.83. The summed E-state index contributed by atoms with van der Waals surface area (Å²) in [5.41, 5.74) is 7.75. The molecule has 0 saturated heterocycles. The molecule has 0 radical (unpaired) electrons. The fourth-order valence-electron chi connectivity index (χ4n) is 1.57. The zero-order chi connectivity index (χ0) is 12.0. The predicted molar refractivity (Wildman–Crippen MR) is 71.8 cm³/mol. The van der Waals surface area contributed by atoms with Crippen LogP contribution in [0.4, 0.5) is 5.00 Å². The Hall–Kier alpha value is -1.23. The largest absolute Gasteiger partial charge is 0.434 e. The number of anilines is 1. The van der Waals surface area contributed by atoms with Crippen LogP contribution in [0.5, 0.6) is 0 Å². The normalized spacial score (nSPS) is 11.2. The first-order valence-corrected chi connectivity index (χ1v) is 6.37. The molecule has 0 bridgehead atoms. The fourth-order valence-corrected chi connectivity index (χ4v) is 2.73. The third-order valence-electron chi connectivity index (χ3n) is 2.34. The van der Waals surface area contributed by atoms with Crippen LogP contribution in [-0.4, -0.2) is 4.98 Å². The van der Waals surface area contributed by atoms with Gasteiger partial charge in [0.25, 0.3) is 0 Å². The lowest BCUT2D eigenvalue weighted by Crippen LogP contribution is -1.82. The molecule has 2 aromatic heterocycles. The van der Waals surface area contributed by atoms with Crippen molar-refractivity contribution in [1.29, 1.82) is 0 Å². The molecule has 3 rings (SSSR count). The van der Waals surface area contributed by atoms with Crippen molar-refractivity contribution in [2.75, 3.05) is 5.73 Å². The van der Waals surface area contributed by atoms with Crippen molar-refractivity contribution >= 4 is 50.6 Å². The summed E-state index contributed by atoms with van der Waals surface area (Å²) in [5, 5.41) is 3.52. The molecule has 2 N–H and O–H groups in total. The van der Waals surface area contributed by atoms with Crippen LogP contribution in [0.2, 0.25) is 10.0 Å². The minimum absolute atomic E-state index is 0.444. The predicted octanol–water partition coefficient (Wildman–Crippen LogP) is 4.45. The number of fused-ring (bicyclic) bond motifs is 1. The van der Waals surface area contributed by atoms with Gasteiger partial charge >= 0.3 is 0 Å². The topological polar surface area (TPSA) is 52.0 Å². The highest BCUT2D eigenvalue weighted by atomic mass is 35.5. The Kier molecular flexibility index (Phi) is 2.50. The number of nitrogens with two attached hydrogens (primary N) is 1. The Labute approximate surface area is 111 Å². The Morgan fingerprint density at radius 2 is 2.12 bits per heavy atom. The van der Waals surface area contributed by atoms with Gasteiger partial charge in [0.1, 0.15) is 5.52 Å². The smallest absolute Gasteiger partial charge is 0.230 e. The third kappa shape index (κ3) is 1.78. The lowest BCUT2D eigenvalue weighted by molar-refractivity contribution is 0.620. The monoisotopic (exact) mass is 284 g/mol. The Balaban J connectivity index is 2.27. The van der Waals surface area contributed by atoms with E-state index in [-0.39, 0.29) is 0 Å². The second kappa shape index (κ2) is 3.91. The van der Waals surface area contributed by atoms with Gasteiger partial charge in [0.15, 0.2) is 5.58 Å². The highest BCUT2D eigenvalue weighted by Gasteiger charge is 2.14. The van der Waals surface area contributed by atoms with Gasteiger partial charge in [0.2, 0.25) is 5.89 Å². The molecule has 1 aromatic carbocycles. The van der Waals surface area contributed by atoms with E-state index >= 15 is 0 Å². The van der Waals surface area contributed by atoms with Crippen molar-refractivity contribution in [3.05, 3.63) is 33.6 Å². The quantitative estimate of drug-likeness (QED) is 0.718. The molecule has 0 aliphatic heterocycles. The molecule has 0 saturated carbocycles. The summed E-state index contributed by atoms with van der Waals surface area (Å²) in [6.45, 7) is 0. The van der Waals surface area contributed by atoms with Crippen molar-refractivity contribution in [2.45, 2.75) is 0 Å². The van der Waals surface area contributed by atoms with E-state index in [2.05, 4.69) is 4.98 Å². The molecule has 2 heterocycles. The lowest BCUT2D eigenvalue weighted by Gasteiger charge is -1.92. The highest BCUT2D eigenvalue weighted by molar-refractivity contribution is 7.14. The van der Waals surface area contributed by atoms with Gasteiger partial charge < -0.3 is 10.2 Å². The molecule has 0 atom stereocenters. The number of nitrogen functional groups attached to an aromatic ring is 1. The Bertz CT molecular complexity index is 705. The van der Waals surface area contributed by atoms with Gasteiger partial charge in [-0.05, 0) is 23.6 Å². The van der Waals surface area contributed by atoms with Gasteiger partial charge in [0.05, 0.1) is 15.6 Å². The number of oxazole rings is 1. The van der Waals surface area contributed by atoms with E-state index in [4.69, 9.17) is 33.4 Å². The number of hydrogen-bond donors (Lipinski definition) is 1. The molecular formula is C11H6Cl2N2OS. The molecule has 86 valence electrons. The molecule has 0 amide bonds. The van der Waals surface area contributed by atoms with Crippen molar-refractivity contribution in [3.63, 3.8) is 0 Å². The SMILES string of the molecule is Nc1sccc1-c1nc2cc(Cl)cc(Cl)c2o1. The van der Waals surface area contributed by atoms with E-state index in [9.17, 15) is 0 Å². The van der Waals surface area contributed by atoms with Gasteiger partial charge in [-0.15, -0.1) is 11.3 Å². The number of thiophene rings is 1. The van der Waals surface area contributed by atoms with Crippen LogP contribution in [0.15, 0.2) is 28.0 Å². The van der Waals surface area contributed by atoms with Crippen LogP contribution in [0, 0.1) is 0 Å². The molecule has 6 heteroatoms. The van der Waals surface area contributed by atoms with E-state index in [0.29, 0.717) is 32.0 Å². The molecule has 0 aliphatic rings. The fraction of sp³-hybridized carbons (Fsp3) is 0. The van der Waals surface area contributed by atoms with Crippen LogP contribution in [-0.2, 0) is 0 Å². The maximum absolute atomic E-state index is 6.03. The number of rotatable bonds is 1. The third-order valence-corrected chi connectivity index (χ3v) is 3.58. The first kappa shape index (κ1) is 10.9. The zero-order valence-corrected chi connectivity index (χ0v) is 10.7. The average molecular weight is 285 g/mol. The zero-order valence-electron chi connectivity index (χ0n) is 8.41. The molecular weight excluding hydrogens is 279 g/mol. The second-order valence-electron chi connectivity index (χ2n) is 3.45. The van der Waals surface area contributed by atoms with E-state index in [0.717, 1.165) is 5.56 Å². The Morgan fingerprint density at radius 3 is 2.82 bits per heavy atom. The van der Waals surface area contributed by atoms with Gasteiger partial charge in [-0.1, -0.05) is 23.2 Å². The minimum atomic E-state index is 0.444. The minimum Gasteiger partial charge on any atom is -0.434 e. The summed E-state index contributed by atoms with van der Waals surface area (Å²) >= 11 is 13.4. The molecule has 3 aromatic rings. The first-order chi connectivity index (χ1) is 8.15. The summed E-state index contributed by atoms with van der Waals surface area (Å²) in [7, 11) is 0. The van der Waals surface area contributed by atoms with Crippen molar-refractivity contribution in [3.8, 4) is 11.5 Å². The number of aromatic nitrogens is 1. The molecule has 0 unspecified atom stereocenters. The van der Waals surface area contributed by atoms with Crippen LogP contribution in [0.3, 0.4) is 0 Å². The number of benzene rings is 1. The Morgan fingerprint density at radius 1 is 1.29 bits per heavy atom. The highest BCUT2D eigenvalue weighted by Crippen LogP contribution is 2.35. The van der Waals surface area contributed by atoms with Crippen LogP contribution in [0.25, 0.3) is 22.6 Å². The summed E-state index contributed by atoms with van der Waals surface area (Å²) < 4.78 is 5.60. The summed E-state index contributed by atoms with van der Waals surface area (Å²) in [4.78, 5) is 4.33. The van der Waals surface area contributed by atoms with Gasteiger partial charge in [-0.25, -0.2) is 4.98 Å². The van der Waals surface area contributed by atoms with E-state index in [1.54, 1.807) is 12.1 Å². The van der Waals surface area contributed by atoms with E-state index in [1.807, 2.05) is 11.4 Å². The van der Waals surface area contributed by atoms with Crippen molar-refractivity contribution in [2.24, 2.45) is 0 Å². The summed E-state index contributed by atoms with van der Waals surface area (Å²) in [5.74, 6) is 0.461. The maximum atomic E-state index is 6.03. The molecule has 17 heavy (non-hydrogen) atoms. The molecule has 0 aliphatic carbocycles. The van der Waals surface area contributed by atoms with E-state index in [1.165, 1.54) is 11.3 Å². The summed E-state index contributed by atoms with van der Waals surface area (Å²) in [6, 6.07) is 5.19. The summed E-state index contributed by atoms with van der Waals surface area (Å²) in [6.07, 6.45) is 0. The van der Waals surface area contributed by atoms with E-state index < -0.39 is 0 Å². The molecule has 3 nitrogen and oxygen atoms in total.